The second kappa shape index (κ2) is 10.8. The molecule has 0 saturated carbocycles. The van der Waals surface area contributed by atoms with E-state index in [0.29, 0.717) is 49.0 Å². The zero-order valence-electron chi connectivity index (χ0n) is 21.0. The minimum Gasteiger partial charge on any atom is -0.497 e. The molecule has 1 unspecified atom stereocenters. The highest BCUT2D eigenvalue weighted by atomic mass is 32.1. The van der Waals surface area contributed by atoms with Crippen molar-refractivity contribution in [1.82, 2.24) is 4.57 Å². The number of allylic oxidation sites excluding steroid dienone is 1. The van der Waals surface area contributed by atoms with Gasteiger partial charge in [-0.1, -0.05) is 12.1 Å². The van der Waals surface area contributed by atoms with Crippen LogP contribution < -0.4 is 34.1 Å². The number of ether oxygens (including phenoxy) is 4. The van der Waals surface area contributed by atoms with Crippen LogP contribution in [-0.4, -0.2) is 38.5 Å². The van der Waals surface area contributed by atoms with Crippen molar-refractivity contribution in [1.29, 1.82) is 0 Å². The maximum absolute atomic E-state index is 13.8. The van der Waals surface area contributed by atoms with E-state index in [9.17, 15) is 14.5 Å². The lowest BCUT2D eigenvalue weighted by molar-refractivity contribution is -0.449. The van der Waals surface area contributed by atoms with Gasteiger partial charge in [-0.2, -0.15) is 4.57 Å². The predicted molar refractivity (Wildman–Crippen MR) is 137 cm³/mol. The maximum Gasteiger partial charge on any atom is 0.353 e. The lowest BCUT2D eigenvalue weighted by Crippen LogP contribution is -2.78. The zero-order valence-corrected chi connectivity index (χ0v) is 21.8. The van der Waals surface area contributed by atoms with Crippen LogP contribution in [0, 0.1) is 4.91 Å². The second-order valence-electron chi connectivity index (χ2n) is 8.01. The SMILES string of the molecule is CCOC(=O)C1=C(C)[NH+]=c2s/c(=C\c3cc(OC)c(OC)cc3N=O)c(=O)n2C1c1ccc(OC)cc1. The molecule has 0 fully saturated rings. The molecule has 0 bridgehead atoms. The van der Waals surface area contributed by atoms with Gasteiger partial charge in [-0.05, 0) is 54.6 Å². The smallest absolute Gasteiger partial charge is 0.353 e. The van der Waals surface area contributed by atoms with Gasteiger partial charge in [0.05, 0.1) is 27.9 Å². The predicted octanol–water partition coefficient (Wildman–Crippen LogP) is 1.30. The third-order valence-corrected chi connectivity index (χ3v) is 6.93. The van der Waals surface area contributed by atoms with Crippen LogP contribution in [0.25, 0.3) is 6.08 Å². The molecule has 1 N–H and O–H groups in total. The Bertz CT molecular complexity index is 1570. The molecule has 1 aliphatic rings. The lowest BCUT2D eigenvalue weighted by Gasteiger charge is -2.20. The van der Waals surface area contributed by atoms with Crippen molar-refractivity contribution < 1.29 is 28.7 Å². The van der Waals surface area contributed by atoms with Crippen molar-refractivity contribution >= 4 is 29.1 Å². The topological polar surface area (TPSA) is 119 Å². The number of hydrogen-bond donors (Lipinski definition) is 1. The van der Waals surface area contributed by atoms with Gasteiger partial charge < -0.3 is 18.9 Å². The lowest BCUT2D eigenvalue weighted by atomic mass is 9.96. The Balaban J connectivity index is 1.96. The van der Waals surface area contributed by atoms with E-state index in [4.69, 9.17) is 18.9 Å². The fourth-order valence-corrected chi connectivity index (χ4v) is 5.25. The van der Waals surface area contributed by atoms with Crippen LogP contribution in [0.3, 0.4) is 0 Å². The summed E-state index contributed by atoms with van der Waals surface area (Å²) in [4.78, 5) is 42.0. The van der Waals surface area contributed by atoms with E-state index in [1.807, 2.05) is 0 Å². The van der Waals surface area contributed by atoms with Crippen LogP contribution >= 0.6 is 11.3 Å². The van der Waals surface area contributed by atoms with Gasteiger partial charge in [0.15, 0.2) is 17.5 Å². The summed E-state index contributed by atoms with van der Waals surface area (Å²) in [5.74, 6) is 0.857. The highest BCUT2D eigenvalue weighted by molar-refractivity contribution is 7.06. The van der Waals surface area contributed by atoms with Crippen molar-refractivity contribution in [2.45, 2.75) is 19.9 Å². The number of esters is 1. The van der Waals surface area contributed by atoms with E-state index in [-0.39, 0.29) is 17.9 Å². The number of nitrogens with zero attached hydrogens (tertiary/aromatic N) is 2. The van der Waals surface area contributed by atoms with Gasteiger partial charge >= 0.3 is 16.3 Å². The minimum atomic E-state index is -0.735. The summed E-state index contributed by atoms with van der Waals surface area (Å²) in [6.07, 6.45) is 1.57. The number of benzene rings is 2. The summed E-state index contributed by atoms with van der Waals surface area (Å²) in [6, 6.07) is 9.45. The summed E-state index contributed by atoms with van der Waals surface area (Å²) in [5.41, 5.74) is 1.74. The normalized spacial score (nSPS) is 15.1. The van der Waals surface area contributed by atoms with Crippen LogP contribution in [0.2, 0.25) is 0 Å². The van der Waals surface area contributed by atoms with Crippen LogP contribution in [0.5, 0.6) is 17.2 Å². The van der Waals surface area contributed by atoms with Gasteiger partial charge in [-0.25, -0.2) is 14.6 Å². The molecule has 0 amide bonds. The molecule has 1 aliphatic heterocycles. The van der Waals surface area contributed by atoms with E-state index in [0.717, 1.165) is 0 Å². The fraction of sp³-hybridized carbons (Fsp3) is 0.269. The molecule has 0 aliphatic carbocycles. The molecule has 11 heteroatoms. The standard InChI is InChI=1S/C26H25N3O7S/c1-6-36-25(31)22-14(2)27-26-29(23(22)15-7-9-17(33-3)10-8-15)24(30)21(37-26)12-16-11-19(34-4)20(35-5)13-18(16)28-32/h7-13,23H,6H2,1-5H3/p+1/b21-12-. The largest absolute Gasteiger partial charge is 0.497 e. The van der Waals surface area contributed by atoms with Crippen LogP contribution in [0.1, 0.15) is 31.0 Å². The molecule has 0 saturated heterocycles. The highest BCUT2D eigenvalue weighted by Gasteiger charge is 2.38. The Labute approximate surface area is 216 Å². The summed E-state index contributed by atoms with van der Waals surface area (Å²) < 4.78 is 23.0. The number of fused-ring (bicyclic) bond motifs is 1. The van der Waals surface area contributed by atoms with Crippen LogP contribution in [0.15, 0.2) is 57.6 Å². The van der Waals surface area contributed by atoms with E-state index >= 15 is 0 Å². The molecule has 0 radical (unpaired) electrons. The zero-order chi connectivity index (χ0) is 26.7. The van der Waals surface area contributed by atoms with Gasteiger partial charge in [-0.3, -0.25) is 0 Å². The Morgan fingerprint density at radius 1 is 1.11 bits per heavy atom. The van der Waals surface area contributed by atoms with Gasteiger partial charge in [0.2, 0.25) is 0 Å². The Hall–Kier alpha value is -4.25. The Morgan fingerprint density at radius 3 is 2.38 bits per heavy atom. The molecule has 1 atom stereocenters. The third-order valence-electron chi connectivity index (χ3n) is 5.93. The minimum absolute atomic E-state index is 0.0922. The van der Waals surface area contributed by atoms with Crippen LogP contribution in [0.4, 0.5) is 5.69 Å². The molecule has 1 aromatic heterocycles. The number of aromatic nitrogens is 1. The van der Waals surface area contributed by atoms with Crippen LogP contribution in [-0.2, 0) is 9.53 Å². The van der Waals surface area contributed by atoms with Gasteiger partial charge in [0.1, 0.15) is 27.2 Å². The number of hydrogen-bond acceptors (Lipinski definition) is 9. The number of nitrogens with one attached hydrogen (secondary N) is 1. The molecular formula is C26H26N3O7S+. The van der Waals surface area contributed by atoms with Crippen molar-refractivity contribution in [3.63, 3.8) is 0 Å². The molecule has 3 aromatic rings. The average molecular weight is 525 g/mol. The first-order chi connectivity index (χ1) is 17.9. The third kappa shape index (κ3) is 4.77. The molecule has 37 heavy (non-hydrogen) atoms. The van der Waals surface area contributed by atoms with E-state index in [1.165, 1.54) is 36.2 Å². The summed E-state index contributed by atoms with van der Waals surface area (Å²) >= 11 is 1.19. The Morgan fingerprint density at radius 2 is 1.78 bits per heavy atom. The Kier molecular flexibility index (Phi) is 7.53. The second-order valence-corrected chi connectivity index (χ2v) is 9.04. The molecule has 0 spiro atoms. The van der Waals surface area contributed by atoms with Crippen molar-refractivity contribution in [2.24, 2.45) is 5.18 Å². The maximum atomic E-state index is 13.8. The first-order valence-corrected chi connectivity index (χ1v) is 12.2. The summed E-state index contributed by atoms with van der Waals surface area (Å²) in [6.45, 7) is 3.68. The molecular weight excluding hydrogens is 498 g/mol. The number of thiazole rings is 1. The number of nitroso groups, excluding NO2 is 1. The first kappa shape index (κ1) is 25.8. The van der Waals surface area contributed by atoms with Gasteiger partial charge in [0.25, 0.3) is 0 Å². The van der Waals surface area contributed by atoms with E-state index < -0.39 is 12.0 Å². The fourth-order valence-electron chi connectivity index (χ4n) is 4.18. The van der Waals surface area contributed by atoms with Crippen molar-refractivity contribution in [2.75, 3.05) is 27.9 Å². The number of carbonyl (C=O) groups is 1. The molecule has 2 aromatic carbocycles. The summed E-state index contributed by atoms with van der Waals surface area (Å²) in [5, 5.41) is 3.09. The van der Waals surface area contributed by atoms with Crippen molar-refractivity contribution in [3.8, 4) is 17.2 Å². The quantitative estimate of drug-likeness (QED) is 0.349. The van der Waals surface area contributed by atoms with E-state index in [1.54, 1.807) is 57.4 Å². The van der Waals surface area contributed by atoms with Gasteiger partial charge in [-0.15, -0.1) is 4.91 Å². The molecule has 4 rings (SSSR count). The summed E-state index contributed by atoms with van der Waals surface area (Å²) in [7, 11) is 4.49. The number of methoxy groups -OCH3 is 3. The molecule has 192 valence electrons. The number of rotatable bonds is 8. The van der Waals surface area contributed by atoms with E-state index in [2.05, 4.69) is 10.2 Å². The van der Waals surface area contributed by atoms with Crippen molar-refractivity contribution in [3.05, 3.63) is 83.4 Å². The average Bonchev–Trinajstić information content (AvgIpc) is 3.21. The molecule has 2 heterocycles. The van der Waals surface area contributed by atoms with Gasteiger partial charge in [0, 0.05) is 17.2 Å². The monoisotopic (exact) mass is 524 g/mol. The number of carbonyl (C=O) groups excluding carboxylic acids is 1. The first-order valence-electron chi connectivity index (χ1n) is 11.3. The molecule has 10 nitrogen and oxygen atoms in total. The highest BCUT2D eigenvalue weighted by Crippen LogP contribution is 2.35.